The number of anilines is 2. The van der Waals surface area contributed by atoms with Crippen LogP contribution in [0.2, 0.25) is 0 Å². The number of nitrogens with zero attached hydrogens (tertiary/aromatic N) is 1. The van der Waals surface area contributed by atoms with Crippen molar-refractivity contribution in [1.29, 1.82) is 0 Å². The fourth-order valence-electron chi connectivity index (χ4n) is 1.90. The molecule has 0 radical (unpaired) electrons. The number of carboxylic acids is 1. The molecule has 0 saturated carbocycles. The van der Waals surface area contributed by atoms with Crippen LogP contribution in [0.3, 0.4) is 0 Å². The van der Waals surface area contributed by atoms with Gasteiger partial charge in [-0.3, -0.25) is 14.5 Å². The molecule has 4 N–H and O–H groups in total. The molecule has 8 nitrogen and oxygen atoms in total. The lowest BCUT2D eigenvalue weighted by atomic mass is 10.2. The van der Waals surface area contributed by atoms with Crippen LogP contribution in [0.25, 0.3) is 0 Å². The molecule has 2 amide bonds. The zero-order valence-corrected chi connectivity index (χ0v) is 11.1. The van der Waals surface area contributed by atoms with E-state index in [0.29, 0.717) is 24.5 Å². The molecule has 1 aromatic rings. The van der Waals surface area contributed by atoms with Crippen molar-refractivity contribution >= 4 is 29.3 Å². The van der Waals surface area contributed by atoms with Crippen LogP contribution in [-0.4, -0.2) is 42.3 Å². The lowest BCUT2D eigenvalue weighted by molar-refractivity contribution is -0.138. The molecule has 1 atom stereocenters. The van der Waals surface area contributed by atoms with Crippen molar-refractivity contribution in [1.82, 2.24) is 0 Å². The first-order valence-corrected chi connectivity index (χ1v) is 6.30. The Morgan fingerprint density at radius 2 is 2.24 bits per heavy atom. The Balaban J connectivity index is 2.06. The van der Waals surface area contributed by atoms with Gasteiger partial charge >= 0.3 is 12.1 Å². The first-order valence-electron chi connectivity index (χ1n) is 6.30. The maximum Gasteiger partial charge on any atom is 0.414 e. The molecule has 1 aliphatic rings. The zero-order valence-electron chi connectivity index (χ0n) is 11.1. The van der Waals surface area contributed by atoms with Gasteiger partial charge in [0.25, 0.3) is 0 Å². The highest BCUT2D eigenvalue weighted by Crippen LogP contribution is 2.22. The Labute approximate surface area is 120 Å². The Morgan fingerprint density at radius 1 is 1.48 bits per heavy atom. The number of nitrogens with one attached hydrogen (secondary N) is 1. The highest BCUT2D eigenvalue weighted by molar-refractivity contribution is 5.97. The van der Waals surface area contributed by atoms with Crippen LogP contribution in [-0.2, 0) is 14.3 Å². The lowest BCUT2D eigenvalue weighted by Gasteiger charge is -2.15. The van der Waals surface area contributed by atoms with Gasteiger partial charge in [-0.25, -0.2) is 4.79 Å². The summed E-state index contributed by atoms with van der Waals surface area (Å²) >= 11 is 0. The van der Waals surface area contributed by atoms with E-state index in [9.17, 15) is 14.4 Å². The van der Waals surface area contributed by atoms with Crippen molar-refractivity contribution in [3.63, 3.8) is 0 Å². The van der Waals surface area contributed by atoms with Gasteiger partial charge in [-0.2, -0.15) is 0 Å². The number of carbonyl (C=O) groups excluding carboxylic acids is 2. The van der Waals surface area contributed by atoms with E-state index in [1.54, 1.807) is 24.3 Å². The topological polar surface area (TPSA) is 122 Å². The van der Waals surface area contributed by atoms with Crippen LogP contribution in [0.15, 0.2) is 24.3 Å². The van der Waals surface area contributed by atoms with Gasteiger partial charge in [-0.1, -0.05) is 6.07 Å². The van der Waals surface area contributed by atoms with Crippen LogP contribution in [0.4, 0.5) is 16.2 Å². The van der Waals surface area contributed by atoms with Gasteiger partial charge in [-0.15, -0.1) is 0 Å². The molecule has 1 aliphatic heterocycles. The lowest BCUT2D eigenvalue weighted by Crippen LogP contribution is -2.37. The summed E-state index contributed by atoms with van der Waals surface area (Å²) in [4.78, 5) is 35.2. The van der Waals surface area contributed by atoms with Crippen LogP contribution in [0, 0.1) is 0 Å². The average Bonchev–Trinajstić information content (AvgIpc) is 2.84. The van der Waals surface area contributed by atoms with E-state index >= 15 is 0 Å². The molecule has 1 fully saturated rings. The molecule has 21 heavy (non-hydrogen) atoms. The van der Waals surface area contributed by atoms with Crippen LogP contribution in [0.1, 0.15) is 6.42 Å². The van der Waals surface area contributed by atoms with Crippen molar-refractivity contribution in [2.24, 2.45) is 5.73 Å². The van der Waals surface area contributed by atoms with E-state index in [0.717, 1.165) is 0 Å². The molecule has 0 spiro atoms. The molecule has 0 aromatic heterocycles. The Kier molecular flexibility index (Phi) is 4.39. The van der Waals surface area contributed by atoms with Crippen LogP contribution < -0.4 is 16.0 Å². The molecule has 1 saturated heterocycles. The predicted molar refractivity (Wildman–Crippen MR) is 74.0 cm³/mol. The minimum atomic E-state index is -1.15. The molecule has 2 rings (SSSR count). The number of aliphatic carboxylic acids is 1. The third kappa shape index (κ3) is 3.69. The quantitative estimate of drug-likeness (QED) is 0.721. The van der Waals surface area contributed by atoms with Gasteiger partial charge in [0.2, 0.25) is 5.91 Å². The Hall–Kier alpha value is -2.61. The number of carbonyl (C=O) groups is 3. The van der Waals surface area contributed by atoms with Gasteiger partial charge in [0.15, 0.2) is 0 Å². The first-order chi connectivity index (χ1) is 9.97. The van der Waals surface area contributed by atoms with E-state index in [1.165, 1.54) is 4.90 Å². The van der Waals surface area contributed by atoms with E-state index in [-0.39, 0.29) is 0 Å². The summed E-state index contributed by atoms with van der Waals surface area (Å²) in [6, 6.07) is 5.45. The number of cyclic esters (lactones) is 1. The monoisotopic (exact) mass is 293 g/mol. The molecule has 8 heteroatoms. The van der Waals surface area contributed by atoms with E-state index in [4.69, 9.17) is 15.6 Å². The maximum absolute atomic E-state index is 11.7. The number of nitrogens with two attached hydrogens (primary N) is 1. The van der Waals surface area contributed by atoms with Crippen molar-refractivity contribution < 1.29 is 24.2 Å². The second-order valence-corrected chi connectivity index (χ2v) is 4.51. The Bertz CT molecular complexity index is 575. The molecule has 112 valence electrons. The fourth-order valence-corrected chi connectivity index (χ4v) is 1.90. The molecule has 0 bridgehead atoms. The third-order valence-electron chi connectivity index (χ3n) is 2.92. The van der Waals surface area contributed by atoms with Crippen LogP contribution >= 0.6 is 0 Å². The third-order valence-corrected chi connectivity index (χ3v) is 2.92. The van der Waals surface area contributed by atoms with Gasteiger partial charge in [0, 0.05) is 11.4 Å². The highest BCUT2D eigenvalue weighted by Gasteiger charge is 2.24. The SMILES string of the molecule is NC(CC(=O)O)C(=O)Nc1cccc(N2CCOC2=O)c1. The number of benzene rings is 1. The molecule has 0 aliphatic carbocycles. The highest BCUT2D eigenvalue weighted by atomic mass is 16.6. The van der Waals surface area contributed by atoms with Gasteiger partial charge in [-0.05, 0) is 18.2 Å². The summed E-state index contributed by atoms with van der Waals surface area (Å²) in [5.41, 5.74) is 6.48. The minimum absolute atomic E-state index is 0.318. The van der Waals surface area contributed by atoms with Gasteiger partial charge in [0.05, 0.1) is 19.0 Å². The van der Waals surface area contributed by atoms with Gasteiger partial charge < -0.3 is 20.9 Å². The number of ether oxygens (including phenoxy) is 1. The number of amides is 2. The average molecular weight is 293 g/mol. The Morgan fingerprint density at radius 3 is 2.86 bits per heavy atom. The molecule has 1 heterocycles. The standard InChI is InChI=1S/C13H15N3O5/c14-10(7-11(17)18)12(19)15-8-2-1-3-9(6-8)16-4-5-21-13(16)20/h1-3,6,10H,4-5,7,14H2,(H,15,19)(H,17,18). The molecule has 1 unspecified atom stereocenters. The van der Waals surface area contributed by atoms with Crippen molar-refractivity contribution in [2.75, 3.05) is 23.4 Å². The zero-order chi connectivity index (χ0) is 15.4. The molecular weight excluding hydrogens is 278 g/mol. The summed E-state index contributed by atoms with van der Waals surface area (Å²) in [6.45, 7) is 0.758. The largest absolute Gasteiger partial charge is 0.481 e. The van der Waals surface area contributed by atoms with E-state index in [1.807, 2.05) is 0 Å². The summed E-state index contributed by atoms with van der Waals surface area (Å²) in [6.07, 6.45) is -0.898. The van der Waals surface area contributed by atoms with Crippen molar-refractivity contribution in [2.45, 2.75) is 12.5 Å². The van der Waals surface area contributed by atoms with E-state index < -0.39 is 30.4 Å². The first kappa shape index (κ1) is 14.8. The predicted octanol–water partition coefficient (Wildman–Crippen LogP) is 0.384. The van der Waals surface area contributed by atoms with Gasteiger partial charge in [0.1, 0.15) is 6.61 Å². The second-order valence-electron chi connectivity index (χ2n) is 4.51. The smallest absolute Gasteiger partial charge is 0.414 e. The number of hydrogen-bond acceptors (Lipinski definition) is 5. The van der Waals surface area contributed by atoms with E-state index in [2.05, 4.69) is 5.32 Å². The summed E-state index contributed by atoms with van der Waals surface area (Å²) in [5, 5.41) is 11.1. The van der Waals surface area contributed by atoms with Crippen LogP contribution in [0.5, 0.6) is 0 Å². The maximum atomic E-state index is 11.7. The summed E-state index contributed by atoms with van der Waals surface area (Å²) in [7, 11) is 0. The minimum Gasteiger partial charge on any atom is -0.481 e. The second kappa shape index (κ2) is 6.23. The molecule has 1 aromatic carbocycles. The number of hydrogen-bond donors (Lipinski definition) is 3. The van der Waals surface area contributed by atoms with Crippen molar-refractivity contribution in [3.05, 3.63) is 24.3 Å². The summed E-state index contributed by atoms with van der Waals surface area (Å²) < 4.78 is 4.84. The number of rotatable bonds is 5. The summed E-state index contributed by atoms with van der Waals surface area (Å²) in [5.74, 6) is -1.75. The normalized spacial score (nSPS) is 15.5. The molecular formula is C13H15N3O5. The fraction of sp³-hybridized carbons (Fsp3) is 0.308. The number of carboxylic acid groups (broad SMARTS) is 1. The van der Waals surface area contributed by atoms with Crippen molar-refractivity contribution in [3.8, 4) is 0 Å².